The van der Waals surface area contributed by atoms with E-state index in [4.69, 9.17) is 4.74 Å². The van der Waals surface area contributed by atoms with Crippen LogP contribution in [0, 0.1) is 46.3 Å². The minimum atomic E-state index is -0.137. The van der Waals surface area contributed by atoms with Gasteiger partial charge in [0.25, 0.3) is 0 Å². The molecule has 0 spiro atoms. The van der Waals surface area contributed by atoms with Crippen LogP contribution in [0.3, 0.4) is 0 Å². The first-order valence-corrected chi connectivity index (χ1v) is 13.5. The van der Waals surface area contributed by atoms with Crippen LogP contribution in [0.5, 0.6) is 0 Å². The Bertz CT molecular complexity index is 766. The second-order valence-corrected chi connectivity index (χ2v) is 12.6. The van der Waals surface area contributed by atoms with Gasteiger partial charge in [-0.2, -0.15) is 0 Å². The molecule has 0 amide bonds. The third-order valence-corrected chi connectivity index (χ3v) is 10.6. The molecule has 8 atom stereocenters. The number of allylic oxidation sites excluding steroid dienone is 1. The van der Waals surface area contributed by atoms with Crippen LogP contribution < -0.4 is 0 Å². The summed E-state index contributed by atoms with van der Waals surface area (Å²) in [5.74, 6) is 4.31. The molecule has 180 valence electrons. The van der Waals surface area contributed by atoms with Gasteiger partial charge in [-0.3, -0.25) is 9.59 Å². The molecule has 0 saturated heterocycles. The Kier molecular flexibility index (Phi) is 6.69. The van der Waals surface area contributed by atoms with Gasteiger partial charge in [0.15, 0.2) is 0 Å². The molecule has 3 saturated carbocycles. The van der Waals surface area contributed by atoms with Crippen LogP contribution in [0.2, 0.25) is 0 Å². The lowest BCUT2D eigenvalue weighted by Crippen LogP contribution is -2.51. The van der Waals surface area contributed by atoms with Crippen molar-refractivity contribution in [1.82, 2.24) is 0 Å². The number of carbonyl (C=O) groups excluding carboxylic acids is 2. The standard InChI is InChI=1S/C29H46O3/c1-18(2)27(31)12-7-19(3)24-10-11-25-23-9-8-21-17-22(32-20(4)30)13-15-28(21,5)26(23)14-16-29(24,25)6/h8,18-19,22-26H,7,9-17H2,1-6H3/t19-,22+,23+,24-,25+,26+,28+,29-/m1/s1. The molecule has 3 fully saturated rings. The summed E-state index contributed by atoms with van der Waals surface area (Å²) in [5.41, 5.74) is 2.32. The summed E-state index contributed by atoms with van der Waals surface area (Å²) in [5, 5.41) is 0. The maximum atomic E-state index is 12.2. The predicted molar refractivity (Wildman–Crippen MR) is 129 cm³/mol. The molecule has 4 aliphatic rings. The summed E-state index contributed by atoms with van der Waals surface area (Å²) in [6, 6.07) is 0. The highest BCUT2D eigenvalue weighted by atomic mass is 16.5. The highest BCUT2D eigenvalue weighted by Crippen LogP contribution is 2.67. The fourth-order valence-electron chi connectivity index (χ4n) is 8.80. The van der Waals surface area contributed by atoms with E-state index >= 15 is 0 Å². The van der Waals surface area contributed by atoms with E-state index in [0.29, 0.717) is 22.5 Å². The Hall–Kier alpha value is -1.12. The maximum absolute atomic E-state index is 12.2. The minimum absolute atomic E-state index is 0.0856. The molecular formula is C29H46O3. The summed E-state index contributed by atoms with van der Waals surface area (Å²) in [6.07, 6.45) is 14.2. The van der Waals surface area contributed by atoms with Crippen molar-refractivity contribution < 1.29 is 14.3 Å². The second-order valence-electron chi connectivity index (χ2n) is 12.6. The van der Waals surface area contributed by atoms with Gasteiger partial charge in [-0.1, -0.05) is 46.3 Å². The molecule has 0 unspecified atom stereocenters. The molecule has 0 heterocycles. The normalized spacial score (nSPS) is 41.8. The van der Waals surface area contributed by atoms with E-state index in [2.05, 4.69) is 26.8 Å². The molecule has 0 aromatic carbocycles. The molecule has 0 bridgehead atoms. The SMILES string of the molecule is CC(=O)O[C@H]1CC[C@@]2(C)C(=CC[C@H]3[C@@H]4CC[C@H]([C@H](C)CCC(=O)C(C)C)[C@@]4(C)CC[C@@H]32)C1. The molecule has 0 aliphatic heterocycles. The van der Waals surface area contributed by atoms with Gasteiger partial charge >= 0.3 is 5.97 Å². The number of fused-ring (bicyclic) bond motifs is 5. The van der Waals surface area contributed by atoms with E-state index in [-0.39, 0.29) is 18.0 Å². The van der Waals surface area contributed by atoms with Crippen molar-refractivity contribution in [3.8, 4) is 0 Å². The fraction of sp³-hybridized carbons (Fsp3) is 0.862. The van der Waals surface area contributed by atoms with Crippen molar-refractivity contribution in [3.63, 3.8) is 0 Å². The number of Topliss-reactive ketones (excluding diaryl/α,β-unsaturated/α-hetero) is 1. The average Bonchev–Trinajstić information content (AvgIpc) is 3.08. The number of hydrogen-bond acceptors (Lipinski definition) is 3. The summed E-state index contributed by atoms with van der Waals surface area (Å²) in [4.78, 5) is 23.7. The van der Waals surface area contributed by atoms with Gasteiger partial charge in [-0.05, 0) is 91.8 Å². The number of carbonyl (C=O) groups is 2. The van der Waals surface area contributed by atoms with Crippen molar-refractivity contribution in [3.05, 3.63) is 11.6 Å². The molecule has 32 heavy (non-hydrogen) atoms. The largest absolute Gasteiger partial charge is 0.462 e. The van der Waals surface area contributed by atoms with E-state index in [9.17, 15) is 9.59 Å². The van der Waals surface area contributed by atoms with Crippen LogP contribution in [0.4, 0.5) is 0 Å². The van der Waals surface area contributed by atoms with E-state index in [0.717, 1.165) is 49.4 Å². The Balaban J connectivity index is 1.47. The summed E-state index contributed by atoms with van der Waals surface area (Å²) in [6.45, 7) is 13.2. The first-order chi connectivity index (χ1) is 15.1. The quantitative estimate of drug-likeness (QED) is 0.324. The smallest absolute Gasteiger partial charge is 0.302 e. The zero-order valence-electron chi connectivity index (χ0n) is 21.4. The van der Waals surface area contributed by atoms with Crippen molar-refractivity contribution in [2.45, 2.75) is 112 Å². The van der Waals surface area contributed by atoms with Crippen LogP contribution in [0.15, 0.2) is 11.6 Å². The number of esters is 1. The number of ketones is 1. The van der Waals surface area contributed by atoms with Crippen LogP contribution >= 0.6 is 0 Å². The Morgan fingerprint density at radius 2 is 1.81 bits per heavy atom. The molecule has 0 aromatic rings. The number of ether oxygens (including phenoxy) is 1. The summed E-state index contributed by atoms with van der Waals surface area (Å²) >= 11 is 0. The number of hydrogen-bond donors (Lipinski definition) is 0. The lowest BCUT2D eigenvalue weighted by molar-refractivity contribution is -0.148. The Morgan fingerprint density at radius 3 is 2.50 bits per heavy atom. The highest BCUT2D eigenvalue weighted by Gasteiger charge is 2.59. The molecular weight excluding hydrogens is 396 g/mol. The molecule has 4 rings (SSSR count). The lowest BCUT2D eigenvalue weighted by Gasteiger charge is -2.58. The van der Waals surface area contributed by atoms with Crippen molar-refractivity contribution in [2.24, 2.45) is 46.3 Å². The molecule has 0 radical (unpaired) electrons. The van der Waals surface area contributed by atoms with Crippen LogP contribution in [-0.2, 0) is 14.3 Å². The first kappa shape index (κ1) is 24.0. The molecule has 3 heteroatoms. The van der Waals surface area contributed by atoms with Crippen molar-refractivity contribution in [2.75, 3.05) is 0 Å². The van der Waals surface area contributed by atoms with E-state index in [1.807, 2.05) is 13.8 Å². The molecule has 0 N–H and O–H groups in total. The summed E-state index contributed by atoms with van der Waals surface area (Å²) < 4.78 is 5.60. The summed E-state index contributed by atoms with van der Waals surface area (Å²) in [7, 11) is 0. The predicted octanol–water partition coefficient (Wildman–Crippen LogP) is 7.14. The molecule has 3 nitrogen and oxygen atoms in total. The zero-order chi connectivity index (χ0) is 23.3. The third-order valence-electron chi connectivity index (χ3n) is 10.6. The highest BCUT2D eigenvalue weighted by molar-refractivity contribution is 5.80. The van der Waals surface area contributed by atoms with E-state index in [1.165, 1.54) is 45.4 Å². The van der Waals surface area contributed by atoms with Crippen LogP contribution in [-0.4, -0.2) is 17.9 Å². The topological polar surface area (TPSA) is 43.4 Å². The van der Waals surface area contributed by atoms with Gasteiger partial charge in [0.2, 0.25) is 0 Å². The lowest BCUT2D eigenvalue weighted by atomic mass is 9.47. The maximum Gasteiger partial charge on any atom is 0.302 e. The van der Waals surface area contributed by atoms with Crippen LogP contribution in [0.1, 0.15) is 106 Å². The van der Waals surface area contributed by atoms with Gasteiger partial charge in [0, 0.05) is 25.7 Å². The molecule has 0 aromatic heterocycles. The number of rotatable bonds is 6. The van der Waals surface area contributed by atoms with Gasteiger partial charge in [-0.15, -0.1) is 0 Å². The molecule has 4 aliphatic carbocycles. The Labute approximate surface area is 196 Å². The van der Waals surface area contributed by atoms with Gasteiger partial charge in [0.1, 0.15) is 11.9 Å². The first-order valence-electron chi connectivity index (χ1n) is 13.5. The van der Waals surface area contributed by atoms with E-state index in [1.54, 1.807) is 5.57 Å². The van der Waals surface area contributed by atoms with Gasteiger partial charge in [0.05, 0.1) is 0 Å². The van der Waals surface area contributed by atoms with Crippen molar-refractivity contribution >= 4 is 11.8 Å². The van der Waals surface area contributed by atoms with E-state index < -0.39 is 0 Å². The van der Waals surface area contributed by atoms with Crippen molar-refractivity contribution in [1.29, 1.82) is 0 Å². The Morgan fingerprint density at radius 1 is 1.06 bits per heavy atom. The monoisotopic (exact) mass is 442 g/mol. The minimum Gasteiger partial charge on any atom is -0.462 e. The van der Waals surface area contributed by atoms with Gasteiger partial charge < -0.3 is 4.74 Å². The third kappa shape index (κ3) is 4.11. The zero-order valence-corrected chi connectivity index (χ0v) is 21.4. The second kappa shape index (κ2) is 8.91. The average molecular weight is 443 g/mol. The van der Waals surface area contributed by atoms with Gasteiger partial charge in [-0.25, -0.2) is 0 Å². The fourth-order valence-corrected chi connectivity index (χ4v) is 8.80. The van der Waals surface area contributed by atoms with Crippen LogP contribution in [0.25, 0.3) is 0 Å².